The van der Waals surface area contributed by atoms with Crippen LogP contribution in [0, 0.1) is 24.0 Å². The Morgan fingerprint density at radius 1 is 1.17 bits per heavy atom. The molecule has 2 heterocycles. The van der Waals surface area contributed by atoms with Crippen LogP contribution in [0.2, 0.25) is 0 Å². The number of anilines is 1. The predicted molar refractivity (Wildman–Crippen MR) is 110 cm³/mol. The Balaban J connectivity index is 1.82. The Kier molecular flexibility index (Phi) is 4.75. The van der Waals surface area contributed by atoms with E-state index >= 15 is 0 Å². The predicted octanol–water partition coefficient (Wildman–Crippen LogP) is 3.41. The van der Waals surface area contributed by atoms with Crippen molar-refractivity contribution in [1.29, 1.82) is 0 Å². The van der Waals surface area contributed by atoms with E-state index in [4.69, 9.17) is 0 Å². The molecule has 1 aromatic heterocycles. The number of para-hydroxylation sites is 1. The van der Waals surface area contributed by atoms with Crippen molar-refractivity contribution in [1.82, 2.24) is 9.78 Å². The summed E-state index contributed by atoms with van der Waals surface area (Å²) in [7, 11) is -1.08. The number of aryl methyl sites for hydroxylation is 1. The molecule has 29 heavy (non-hydrogen) atoms. The Morgan fingerprint density at radius 3 is 2.69 bits per heavy atom. The highest BCUT2D eigenvalue weighted by Gasteiger charge is 2.30. The van der Waals surface area contributed by atoms with Crippen LogP contribution in [-0.4, -0.2) is 24.8 Å². The van der Waals surface area contributed by atoms with Crippen molar-refractivity contribution in [2.24, 2.45) is 0 Å². The Labute approximate surface area is 169 Å². The van der Waals surface area contributed by atoms with Gasteiger partial charge in [0, 0.05) is 22.4 Å². The second-order valence-electron chi connectivity index (χ2n) is 6.86. The fourth-order valence-corrected chi connectivity index (χ4v) is 4.66. The lowest BCUT2D eigenvalue weighted by Gasteiger charge is -2.14. The van der Waals surface area contributed by atoms with E-state index in [1.165, 1.54) is 18.2 Å². The Hall–Kier alpha value is -3.33. The molecule has 0 saturated heterocycles. The maximum absolute atomic E-state index is 12.9. The summed E-state index contributed by atoms with van der Waals surface area (Å²) in [5, 5.41) is 18.7. The molecule has 1 atom stereocenters. The van der Waals surface area contributed by atoms with Crippen LogP contribution in [0.5, 0.6) is 0 Å². The van der Waals surface area contributed by atoms with Crippen molar-refractivity contribution >= 4 is 28.2 Å². The average Bonchev–Trinajstić information content (AvgIpc) is 3.21. The van der Waals surface area contributed by atoms with Gasteiger partial charge in [0.25, 0.3) is 11.6 Å². The molecule has 0 radical (unpaired) electrons. The molecule has 0 saturated carbocycles. The minimum atomic E-state index is -1.08. The smallest absolute Gasteiger partial charge is 0.282 e. The normalized spacial score (nSPS) is 15.2. The van der Waals surface area contributed by atoms with Crippen molar-refractivity contribution in [2.45, 2.75) is 25.4 Å². The second-order valence-corrected chi connectivity index (χ2v) is 8.32. The van der Waals surface area contributed by atoms with Crippen LogP contribution in [0.25, 0.3) is 5.69 Å². The first-order valence-electron chi connectivity index (χ1n) is 8.94. The second kappa shape index (κ2) is 7.25. The summed E-state index contributed by atoms with van der Waals surface area (Å²) in [6.07, 6.45) is 0. The van der Waals surface area contributed by atoms with Gasteiger partial charge in [-0.2, -0.15) is 5.10 Å². The van der Waals surface area contributed by atoms with Gasteiger partial charge in [-0.05, 0) is 37.1 Å². The van der Waals surface area contributed by atoms with Crippen LogP contribution >= 0.6 is 0 Å². The zero-order valence-electron chi connectivity index (χ0n) is 15.8. The van der Waals surface area contributed by atoms with Crippen molar-refractivity contribution < 1.29 is 13.9 Å². The van der Waals surface area contributed by atoms with Gasteiger partial charge < -0.3 is 5.32 Å². The molecule has 1 N–H and O–H groups in total. The van der Waals surface area contributed by atoms with Gasteiger partial charge in [-0.15, -0.1) is 0 Å². The van der Waals surface area contributed by atoms with Crippen LogP contribution in [-0.2, 0) is 22.3 Å². The van der Waals surface area contributed by atoms with E-state index in [-0.39, 0.29) is 17.0 Å². The van der Waals surface area contributed by atoms with Gasteiger partial charge in [0.15, 0.2) is 0 Å². The number of nitrogens with zero attached hydrogens (tertiary/aromatic N) is 3. The third-order valence-corrected chi connectivity index (χ3v) is 6.26. The summed E-state index contributed by atoms with van der Waals surface area (Å²) < 4.78 is 13.7. The molecular formula is C20H18N4O4S. The minimum absolute atomic E-state index is 0.0425. The monoisotopic (exact) mass is 410 g/mol. The van der Waals surface area contributed by atoms with Gasteiger partial charge in [-0.25, -0.2) is 4.68 Å². The van der Waals surface area contributed by atoms with E-state index in [2.05, 4.69) is 10.4 Å². The molecule has 2 aromatic carbocycles. The lowest BCUT2D eigenvalue weighted by atomic mass is 10.1. The van der Waals surface area contributed by atoms with E-state index in [9.17, 15) is 19.1 Å². The lowest BCUT2D eigenvalue weighted by Crippen LogP contribution is -2.18. The van der Waals surface area contributed by atoms with Gasteiger partial charge in [-0.3, -0.25) is 19.1 Å². The number of rotatable bonds is 4. The molecule has 0 bridgehead atoms. The van der Waals surface area contributed by atoms with Crippen molar-refractivity contribution in [3.63, 3.8) is 0 Å². The van der Waals surface area contributed by atoms with E-state index < -0.39 is 21.6 Å². The molecule has 0 aliphatic carbocycles. The van der Waals surface area contributed by atoms with E-state index in [1.807, 2.05) is 32.0 Å². The highest BCUT2D eigenvalue weighted by atomic mass is 32.2. The number of nitro benzene ring substituents is 1. The third kappa shape index (κ3) is 3.33. The number of benzene rings is 2. The molecule has 1 unspecified atom stereocenters. The third-order valence-electron chi connectivity index (χ3n) is 5.05. The van der Waals surface area contributed by atoms with E-state index in [0.717, 1.165) is 16.8 Å². The first-order valence-corrected chi connectivity index (χ1v) is 10.4. The maximum atomic E-state index is 12.9. The van der Waals surface area contributed by atoms with E-state index in [1.54, 1.807) is 10.7 Å². The van der Waals surface area contributed by atoms with Gasteiger partial charge in [0.1, 0.15) is 11.4 Å². The standard InChI is InChI=1S/C20H18N4O4S/c1-12-6-5-9-17(13(12)2)23-19(15-10-29(28)11-16(15)22-23)21-20(25)14-7-3-4-8-18(14)24(26)27/h3-9H,10-11H2,1-2H3,(H,21,25). The van der Waals surface area contributed by atoms with Crippen LogP contribution in [0.4, 0.5) is 11.5 Å². The van der Waals surface area contributed by atoms with Crippen LogP contribution < -0.4 is 5.32 Å². The number of hydrogen-bond donors (Lipinski definition) is 1. The highest BCUT2D eigenvalue weighted by molar-refractivity contribution is 7.83. The maximum Gasteiger partial charge on any atom is 0.282 e. The van der Waals surface area contributed by atoms with Gasteiger partial charge >= 0.3 is 0 Å². The molecule has 1 amide bonds. The van der Waals surface area contributed by atoms with Gasteiger partial charge in [0.2, 0.25) is 0 Å². The van der Waals surface area contributed by atoms with Crippen LogP contribution in [0.15, 0.2) is 42.5 Å². The first-order chi connectivity index (χ1) is 13.9. The first kappa shape index (κ1) is 19.0. The van der Waals surface area contributed by atoms with Crippen molar-refractivity contribution in [3.8, 4) is 5.69 Å². The van der Waals surface area contributed by atoms with Crippen LogP contribution in [0.1, 0.15) is 32.7 Å². The molecule has 0 fully saturated rings. The molecule has 3 aromatic rings. The number of carbonyl (C=O) groups is 1. The summed E-state index contributed by atoms with van der Waals surface area (Å²) in [4.78, 5) is 23.6. The molecule has 1 aliphatic heterocycles. The molecule has 148 valence electrons. The van der Waals surface area contributed by atoms with Crippen molar-refractivity contribution in [3.05, 3.63) is 80.5 Å². The number of fused-ring (bicyclic) bond motifs is 1. The zero-order chi connectivity index (χ0) is 20.7. The fourth-order valence-electron chi connectivity index (χ4n) is 3.40. The Morgan fingerprint density at radius 2 is 1.93 bits per heavy atom. The topological polar surface area (TPSA) is 107 Å². The molecule has 1 aliphatic rings. The summed E-state index contributed by atoms with van der Waals surface area (Å²) in [6, 6.07) is 11.6. The highest BCUT2D eigenvalue weighted by Crippen LogP contribution is 2.33. The molecule has 8 nitrogen and oxygen atoms in total. The van der Waals surface area contributed by atoms with Gasteiger partial charge in [-0.1, -0.05) is 24.3 Å². The number of aromatic nitrogens is 2. The number of amides is 1. The largest absolute Gasteiger partial charge is 0.306 e. The SMILES string of the molecule is Cc1cccc(-n2nc3c(c2NC(=O)c2ccccc2[N+](=O)[O-])CS(=O)C3)c1C. The van der Waals surface area contributed by atoms with E-state index in [0.29, 0.717) is 22.8 Å². The number of nitro groups is 1. The summed E-state index contributed by atoms with van der Waals surface area (Å²) in [5.41, 5.74) is 3.91. The summed E-state index contributed by atoms with van der Waals surface area (Å²) in [5.74, 6) is 0.403. The molecule has 0 spiro atoms. The number of hydrogen-bond acceptors (Lipinski definition) is 5. The Bertz CT molecular complexity index is 1190. The fraction of sp³-hybridized carbons (Fsp3) is 0.200. The molecular weight excluding hydrogens is 392 g/mol. The quantitative estimate of drug-likeness (QED) is 0.524. The summed E-state index contributed by atoms with van der Waals surface area (Å²) >= 11 is 0. The average molecular weight is 410 g/mol. The molecule has 4 rings (SSSR count). The minimum Gasteiger partial charge on any atom is -0.306 e. The zero-order valence-corrected chi connectivity index (χ0v) is 16.7. The lowest BCUT2D eigenvalue weighted by molar-refractivity contribution is -0.385. The molecule has 9 heteroatoms. The summed E-state index contributed by atoms with van der Waals surface area (Å²) in [6.45, 7) is 3.94. The van der Waals surface area contributed by atoms with Crippen LogP contribution in [0.3, 0.4) is 0 Å². The van der Waals surface area contributed by atoms with Gasteiger partial charge in [0.05, 0.1) is 27.8 Å². The van der Waals surface area contributed by atoms with Crippen molar-refractivity contribution in [2.75, 3.05) is 5.32 Å². The number of carbonyl (C=O) groups excluding carboxylic acids is 1. The number of nitrogens with one attached hydrogen (secondary N) is 1.